The van der Waals surface area contributed by atoms with Crippen LogP contribution in [-0.2, 0) is 14.2 Å². The molecule has 0 radical (unpaired) electrons. The van der Waals surface area contributed by atoms with Gasteiger partial charge in [-0.25, -0.2) is 4.79 Å². The van der Waals surface area contributed by atoms with Gasteiger partial charge < -0.3 is 18.9 Å². The van der Waals surface area contributed by atoms with Gasteiger partial charge in [-0.1, -0.05) is 18.2 Å². The Hall–Kier alpha value is -1.75. The largest absolute Gasteiger partial charge is 0.510 e. The molecule has 0 saturated carbocycles. The standard InChI is InChI=1S/C16H22O5/c1-2-18-15(17)21-16(13-20-16)11-7-4-8-12-19-14-9-5-3-6-10-14/h3,5-6,9-10H,2,4,7-8,11-13H2,1H3. The average Bonchev–Trinajstić information content (AvgIpc) is 3.24. The summed E-state index contributed by atoms with van der Waals surface area (Å²) in [6.07, 6.45) is 2.95. The summed E-state index contributed by atoms with van der Waals surface area (Å²) in [5.41, 5.74) is 0. The topological polar surface area (TPSA) is 57.3 Å². The molecule has 5 heteroatoms. The van der Waals surface area contributed by atoms with E-state index in [1.807, 2.05) is 30.3 Å². The molecule has 0 aliphatic carbocycles. The average molecular weight is 294 g/mol. The number of benzene rings is 1. The molecule has 1 fully saturated rings. The molecule has 1 aromatic carbocycles. The molecular formula is C16H22O5. The van der Waals surface area contributed by atoms with Crippen LogP contribution in [0.15, 0.2) is 30.3 Å². The van der Waals surface area contributed by atoms with E-state index < -0.39 is 11.9 Å². The minimum absolute atomic E-state index is 0.311. The summed E-state index contributed by atoms with van der Waals surface area (Å²) in [6.45, 7) is 3.21. The fourth-order valence-electron chi connectivity index (χ4n) is 2.01. The lowest BCUT2D eigenvalue weighted by molar-refractivity contribution is -0.0382. The van der Waals surface area contributed by atoms with Crippen molar-refractivity contribution in [3.8, 4) is 5.75 Å². The molecule has 5 nitrogen and oxygen atoms in total. The van der Waals surface area contributed by atoms with Crippen LogP contribution in [0.1, 0.15) is 32.6 Å². The van der Waals surface area contributed by atoms with Crippen molar-refractivity contribution in [1.29, 1.82) is 0 Å². The number of ether oxygens (including phenoxy) is 4. The minimum Gasteiger partial charge on any atom is -0.494 e. The van der Waals surface area contributed by atoms with Gasteiger partial charge >= 0.3 is 6.16 Å². The number of hydrogen-bond acceptors (Lipinski definition) is 5. The second-order valence-electron chi connectivity index (χ2n) is 4.96. The third-order valence-electron chi connectivity index (χ3n) is 3.21. The molecule has 116 valence electrons. The highest BCUT2D eigenvalue weighted by molar-refractivity contribution is 5.60. The first-order chi connectivity index (χ1) is 10.2. The summed E-state index contributed by atoms with van der Waals surface area (Å²) < 4.78 is 20.7. The summed E-state index contributed by atoms with van der Waals surface area (Å²) in [4.78, 5) is 11.2. The van der Waals surface area contributed by atoms with Crippen molar-refractivity contribution in [2.24, 2.45) is 0 Å². The number of unbranched alkanes of at least 4 members (excludes halogenated alkanes) is 2. The van der Waals surface area contributed by atoms with Crippen LogP contribution in [0.2, 0.25) is 0 Å². The Morgan fingerprint density at radius 1 is 1.24 bits per heavy atom. The van der Waals surface area contributed by atoms with Crippen LogP contribution in [0.5, 0.6) is 5.75 Å². The second-order valence-corrected chi connectivity index (χ2v) is 4.96. The van der Waals surface area contributed by atoms with Crippen LogP contribution in [-0.4, -0.2) is 31.8 Å². The summed E-state index contributed by atoms with van der Waals surface area (Å²) in [5.74, 6) is 0.164. The Bertz CT molecular complexity index is 428. The van der Waals surface area contributed by atoms with Gasteiger partial charge in [0, 0.05) is 6.42 Å². The molecule has 1 heterocycles. The quantitative estimate of drug-likeness (QED) is 0.396. The van der Waals surface area contributed by atoms with Gasteiger partial charge in [-0.2, -0.15) is 0 Å². The van der Waals surface area contributed by atoms with Crippen molar-refractivity contribution in [2.45, 2.75) is 38.4 Å². The van der Waals surface area contributed by atoms with Crippen LogP contribution in [0, 0.1) is 0 Å². The molecule has 0 aromatic heterocycles. The highest BCUT2D eigenvalue weighted by Gasteiger charge is 2.49. The number of rotatable bonds is 9. The summed E-state index contributed by atoms with van der Waals surface area (Å²) in [7, 11) is 0. The Morgan fingerprint density at radius 3 is 2.67 bits per heavy atom. The molecule has 0 spiro atoms. The first kappa shape index (κ1) is 15.6. The van der Waals surface area contributed by atoms with E-state index >= 15 is 0 Å². The van der Waals surface area contributed by atoms with Gasteiger partial charge in [0.15, 0.2) is 0 Å². The lowest BCUT2D eigenvalue weighted by Crippen LogP contribution is -2.22. The van der Waals surface area contributed by atoms with Gasteiger partial charge in [-0.15, -0.1) is 0 Å². The van der Waals surface area contributed by atoms with Gasteiger partial charge in [0.25, 0.3) is 0 Å². The van der Waals surface area contributed by atoms with Crippen LogP contribution >= 0.6 is 0 Å². The zero-order chi connectivity index (χ0) is 15.0. The van der Waals surface area contributed by atoms with Crippen molar-refractivity contribution in [3.05, 3.63) is 30.3 Å². The lowest BCUT2D eigenvalue weighted by Gasteiger charge is -2.12. The number of carbonyl (C=O) groups excluding carboxylic acids is 1. The third-order valence-corrected chi connectivity index (χ3v) is 3.21. The normalized spacial score (nSPS) is 19.9. The van der Waals surface area contributed by atoms with E-state index in [1.54, 1.807) is 6.92 Å². The molecule has 1 saturated heterocycles. The van der Waals surface area contributed by atoms with Crippen LogP contribution in [0.25, 0.3) is 0 Å². The monoisotopic (exact) mass is 294 g/mol. The molecule has 1 unspecified atom stereocenters. The van der Waals surface area contributed by atoms with Gasteiger partial charge in [0.2, 0.25) is 5.79 Å². The van der Waals surface area contributed by atoms with Crippen LogP contribution in [0.4, 0.5) is 4.79 Å². The minimum atomic E-state index is -0.730. The van der Waals surface area contributed by atoms with Crippen molar-refractivity contribution in [3.63, 3.8) is 0 Å². The van der Waals surface area contributed by atoms with E-state index in [0.717, 1.165) is 25.0 Å². The molecule has 21 heavy (non-hydrogen) atoms. The SMILES string of the molecule is CCOC(=O)OC1(CCCCCOc2ccccc2)CO1. The zero-order valence-electron chi connectivity index (χ0n) is 12.4. The summed E-state index contributed by atoms with van der Waals surface area (Å²) in [6, 6.07) is 9.76. The fraction of sp³-hybridized carbons (Fsp3) is 0.562. The van der Waals surface area contributed by atoms with E-state index in [0.29, 0.717) is 26.2 Å². The smallest absolute Gasteiger partial charge is 0.494 e. The molecule has 1 aliphatic rings. The molecule has 0 amide bonds. The first-order valence-corrected chi connectivity index (χ1v) is 7.42. The van der Waals surface area contributed by atoms with E-state index in [-0.39, 0.29) is 0 Å². The van der Waals surface area contributed by atoms with Gasteiger partial charge in [0.05, 0.1) is 13.2 Å². The van der Waals surface area contributed by atoms with E-state index in [9.17, 15) is 4.79 Å². The van der Waals surface area contributed by atoms with Gasteiger partial charge in [0.1, 0.15) is 12.4 Å². The van der Waals surface area contributed by atoms with Crippen molar-refractivity contribution >= 4 is 6.16 Å². The number of hydrogen-bond donors (Lipinski definition) is 0. The maximum absolute atomic E-state index is 11.2. The fourth-order valence-corrected chi connectivity index (χ4v) is 2.01. The van der Waals surface area contributed by atoms with Gasteiger partial charge in [-0.3, -0.25) is 0 Å². The van der Waals surface area contributed by atoms with E-state index in [4.69, 9.17) is 18.9 Å². The molecule has 1 aliphatic heterocycles. The first-order valence-electron chi connectivity index (χ1n) is 7.42. The molecular weight excluding hydrogens is 272 g/mol. The Morgan fingerprint density at radius 2 is 2.00 bits per heavy atom. The van der Waals surface area contributed by atoms with E-state index in [1.165, 1.54) is 0 Å². The maximum atomic E-state index is 11.2. The second kappa shape index (κ2) is 7.88. The molecule has 2 rings (SSSR count). The van der Waals surface area contributed by atoms with Crippen molar-refractivity contribution in [1.82, 2.24) is 0 Å². The van der Waals surface area contributed by atoms with Crippen molar-refractivity contribution in [2.75, 3.05) is 19.8 Å². The number of carbonyl (C=O) groups is 1. The third kappa shape index (κ3) is 5.63. The van der Waals surface area contributed by atoms with Crippen molar-refractivity contribution < 1.29 is 23.7 Å². The van der Waals surface area contributed by atoms with Crippen LogP contribution in [0.3, 0.4) is 0 Å². The zero-order valence-corrected chi connectivity index (χ0v) is 12.4. The highest BCUT2D eigenvalue weighted by Crippen LogP contribution is 2.34. The Labute approximate surface area is 125 Å². The molecule has 0 bridgehead atoms. The molecule has 1 atom stereocenters. The number of epoxide rings is 1. The Kier molecular flexibility index (Phi) is 5.87. The predicted molar refractivity (Wildman–Crippen MR) is 77.2 cm³/mol. The number of para-hydroxylation sites is 1. The predicted octanol–water partition coefficient (Wildman–Crippen LogP) is 3.53. The molecule has 0 N–H and O–H groups in total. The van der Waals surface area contributed by atoms with E-state index in [2.05, 4.69) is 0 Å². The van der Waals surface area contributed by atoms with Crippen LogP contribution < -0.4 is 4.74 Å². The molecule has 1 aromatic rings. The summed E-state index contributed by atoms with van der Waals surface area (Å²) >= 11 is 0. The lowest BCUT2D eigenvalue weighted by atomic mass is 10.1. The summed E-state index contributed by atoms with van der Waals surface area (Å²) in [5, 5.41) is 0. The Balaban J connectivity index is 1.53. The highest BCUT2D eigenvalue weighted by atomic mass is 16.8. The van der Waals surface area contributed by atoms with Gasteiger partial charge in [-0.05, 0) is 38.3 Å². The maximum Gasteiger partial charge on any atom is 0.510 e.